The summed E-state index contributed by atoms with van der Waals surface area (Å²) in [5, 5.41) is 2.96. The Kier molecular flexibility index (Phi) is 9.45. The van der Waals surface area contributed by atoms with Crippen molar-refractivity contribution in [3.05, 3.63) is 101 Å². The van der Waals surface area contributed by atoms with Crippen molar-refractivity contribution in [2.75, 3.05) is 6.61 Å². The summed E-state index contributed by atoms with van der Waals surface area (Å²) in [5.74, 6) is -0.296. The highest BCUT2D eigenvalue weighted by atomic mass is 19.1. The van der Waals surface area contributed by atoms with Crippen molar-refractivity contribution in [2.45, 2.75) is 65.1 Å². The number of para-hydroxylation sites is 1. The molecule has 0 spiro atoms. The number of amides is 2. The zero-order chi connectivity index (χ0) is 27.0. The first-order valence-corrected chi connectivity index (χ1v) is 12.6. The van der Waals surface area contributed by atoms with Gasteiger partial charge in [-0.1, -0.05) is 81.4 Å². The Morgan fingerprint density at radius 2 is 1.51 bits per heavy atom. The van der Waals surface area contributed by atoms with E-state index in [-0.39, 0.29) is 42.2 Å². The molecule has 2 amide bonds. The Hall–Kier alpha value is -3.67. The Labute approximate surface area is 219 Å². The van der Waals surface area contributed by atoms with Gasteiger partial charge in [0.05, 0.1) is 0 Å². The molecule has 0 fully saturated rings. The molecule has 0 radical (unpaired) electrons. The number of benzene rings is 3. The van der Waals surface area contributed by atoms with Crippen molar-refractivity contribution in [3.8, 4) is 5.75 Å². The molecule has 0 saturated carbocycles. The smallest absolute Gasteiger partial charge is 0.261 e. The third-order valence-corrected chi connectivity index (χ3v) is 6.01. The molecular weight excluding hydrogens is 467 g/mol. The lowest BCUT2D eigenvalue weighted by molar-refractivity contribution is -0.143. The van der Waals surface area contributed by atoms with Crippen LogP contribution in [-0.2, 0) is 28.0 Å². The van der Waals surface area contributed by atoms with E-state index in [1.807, 2.05) is 68.4 Å². The summed E-state index contributed by atoms with van der Waals surface area (Å²) in [5.41, 5.74) is 2.48. The second-order valence-corrected chi connectivity index (χ2v) is 10.6. The molecule has 196 valence electrons. The van der Waals surface area contributed by atoms with Gasteiger partial charge < -0.3 is 15.0 Å². The van der Waals surface area contributed by atoms with Crippen LogP contribution in [0.5, 0.6) is 5.75 Å². The summed E-state index contributed by atoms with van der Waals surface area (Å²) in [4.78, 5) is 28.7. The molecule has 0 unspecified atom stereocenters. The molecule has 0 aliphatic heterocycles. The van der Waals surface area contributed by atoms with Gasteiger partial charge in [-0.25, -0.2) is 4.39 Å². The standard InChI is InChI=1S/C31H37FN2O3/c1-22(2)33-30(36)27(19-23-11-7-6-8-12-23)34(20-24-15-17-25(32)18-16-24)29(35)21-37-28-14-10-9-13-26(28)31(3,4)5/h6-18,22,27H,19-21H2,1-5H3,(H,33,36)/t27-/m1/s1. The minimum Gasteiger partial charge on any atom is -0.483 e. The van der Waals surface area contributed by atoms with Crippen LogP contribution in [0.2, 0.25) is 0 Å². The van der Waals surface area contributed by atoms with E-state index in [4.69, 9.17) is 4.74 Å². The lowest BCUT2D eigenvalue weighted by Gasteiger charge is -2.32. The molecule has 0 heterocycles. The highest BCUT2D eigenvalue weighted by Crippen LogP contribution is 2.31. The molecule has 1 N–H and O–H groups in total. The fraction of sp³-hybridized carbons (Fsp3) is 0.355. The van der Waals surface area contributed by atoms with Gasteiger partial charge >= 0.3 is 0 Å². The molecular formula is C31H37FN2O3. The third kappa shape index (κ3) is 8.17. The van der Waals surface area contributed by atoms with Gasteiger partial charge in [-0.15, -0.1) is 0 Å². The van der Waals surface area contributed by atoms with Gasteiger partial charge in [0.25, 0.3) is 5.91 Å². The minimum absolute atomic E-state index is 0.0940. The molecule has 5 nitrogen and oxygen atoms in total. The van der Waals surface area contributed by atoms with Crippen molar-refractivity contribution in [1.29, 1.82) is 0 Å². The summed E-state index contributed by atoms with van der Waals surface area (Å²) in [7, 11) is 0. The van der Waals surface area contributed by atoms with Gasteiger partial charge in [0.2, 0.25) is 5.91 Å². The maximum Gasteiger partial charge on any atom is 0.261 e. The van der Waals surface area contributed by atoms with E-state index in [0.29, 0.717) is 12.2 Å². The number of carbonyl (C=O) groups is 2. The van der Waals surface area contributed by atoms with Crippen LogP contribution in [0.15, 0.2) is 78.9 Å². The summed E-state index contributed by atoms with van der Waals surface area (Å²) in [6.07, 6.45) is 0.338. The van der Waals surface area contributed by atoms with Crippen LogP contribution in [-0.4, -0.2) is 35.4 Å². The zero-order valence-electron chi connectivity index (χ0n) is 22.3. The van der Waals surface area contributed by atoms with Crippen LogP contribution in [0.3, 0.4) is 0 Å². The Bertz CT molecular complexity index is 1170. The van der Waals surface area contributed by atoms with E-state index >= 15 is 0 Å². The van der Waals surface area contributed by atoms with Crippen LogP contribution in [0.1, 0.15) is 51.3 Å². The summed E-state index contributed by atoms with van der Waals surface area (Å²) >= 11 is 0. The van der Waals surface area contributed by atoms with Crippen LogP contribution in [0, 0.1) is 5.82 Å². The summed E-state index contributed by atoms with van der Waals surface area (Å²) < 4.78 is 19.6. The number of halogens is 1. The van der Waals surface area contributed by atoms with E-state index in [9.17, 15) is 14.0 Å². The molecule has 0 aromatic heterocycles. The average molecular weight is 505 g/mol. The molecule has 37 heavy (non-hydrogen) atoms. The number of hydrogen-bond acceptors (Lipinski definition) is 3. The number of carbonyl (C=O) groups excluding carboxylic acids is 2. The summed E-state index contributed by atoms with van der Waals surface area (Å²) in [6, 6.07) is 22.4. The minimum atomic E-state index is -0.774. The maximum absolute atomic E-state index is 13.7. The quantitative estimate of drug-likeness (QED) is 0.387. The predicted octanol–water partition coefficient (Wildman–Crippen LogP) is 5.67. The second kappa shape index (κ2) is 12.5. The highest BCUT2D eigenvalue weighted by Gasteiger charge is 2.31. The predicted molar refractivity (Wildman–Crippen MR) is 145 cm³/mol. The van der Waals surface area contributed by atoms with E-state index in [2.05, 4.69) is 26.1 Å². The number of hydrogen-bond donors (Lipinski definition) is 1. The monoisotopic (exact) mass is 504 g/mol. The fourth-order valence-corrected chi connectivity index (χ4v) is 4.16. The zero-order valence-corrected chi connectivity index (χ0v) is 22.3. The van der Waals surface area contributed by atoms with Crippen molar-refractivity contribution >= 4 is 11.8 Å². The van der Waals surface area contributed by atoms with Crippen molar-refractivity contribution in [1.82, 2.24) is 10.2 Å². The number of ether oxygens (including phenoxy) is 1. The summed E-state index contributed by atoms with van der Waals surface area (Å²) in [6.45, 7) is 9.95. The van der Waals surface area contributed by atoms with Crippen LogP contribution >= 0.6 is 0 Å². The van der Waals surface area contributed by atoms with E-state index in [1.54, 1.807) is 12.1 Å². The number of nitrogens with one attached hydrogen (secondary N) is 1. The lowest BCUT2D eigenvalue weighted by atomic mass is 9.86. The van der Waals surface area contributed by atoms with Gasteiger partial charge in [0.15, 0.2) is 6.61 Å². The van der Waals surface area contributed by atoms with Crippen molar-refractivity contribution in [2.24, 2.45) is 0 Å². The Morgan fingerprint density at radius 1 is 0.892 bits per heavy atom. The lowest BCUT2D eigenvalue weighted by Crippen LogP contribution is -2.52. The molecule has 0 bridgehead atoms. The number of rotatable bonds is 10. The van der Waals surface area contributed by atoms with Crippen molar-refractivity contribution in [3.63, 3.8) is 0 Å². The first kappa shape index (κ1) is 27.9. The highest BCUT2D eigenvalue weighted by molar-refractivity contribution is 5.88. The molecule has 3 rings (SSSR count). The van der Waals surface area contributed by atoms with E-state index in [1.165, 1.54) is 17.0 Å². The van der Waals surface area contributed by atoms with Crippen LogP contribution in [0.4, 0.5) is 4.39 Å². The molecule has 0 aliphatic carbocycles. The van der Waals surface area contributed by atoms with Crippen LogP contribution < -0.4 is 10.1 Å². The Morgan fingerprint density at radius 3 is 2.14 bits per heavy atom. The fourth-order valence-electron chi connectivity index (χ4n) is 4.16. The molecule has 0 saturated heterocycles. The number of nitrogens with zero attached hydrogens (tertiary/aromatic N) is 1. The molecule has 6 heteroatoms. The topological polar surface area (TPSA) is 58.6 Å². The van der Waals surface area contributed by atoms with Gasteiger partial charge in [0.1, 0.15) is 17.6 Å². The van der Waals surface area contributed by atoms with Gasteiger partial charge in [-0.3, -0.25) is 9.59 Å². The third-order valence-electron chi connectivity index (χ3n) is 6.01. The first-order chi connectivity index (χ1) is 17.5. The SMILES string of the molecule is CC(C)NC(=O)[C@@H](Cc1ccccc1)N(Cc1ccc(F)cc1)C(=O)COc1ccccc1C(C)(C)C. The Balaban J connectivity index is 1.93. The van der Waals surface area contributed by atoms with Gasteiger partial charge in [-0.05, 0) is 54.2 Å². The average Bonchev–Trinajstić information content (AvgIpc) is 2.85. The van der Waals surface area contributed by atoms with Crippen molar-refractivity contribution < 1.29 is 18.7 Å². The van der Waals surface area contributed by atoms with Gasteiger partial charge in [0, 0.05) is 19.0 Å². The normalized spacial score (nSPS) is 12.2. The first-order valence-electron chi connectivity index (χ1n) is 12.6. The molecule has 0 aliphatic rings. The van der Waals surface area contributed by atoms with Crippen LogP contribution in [0.25, 0.3) is 0 Å². The largest absolute Gasteiger partial charge is 0.483 e. The van der Waals surface area contributed by atoms with E-state index in [0.717, 1.165) is 16.7 Å². The maximum atomic E-state index is 13.7. The van der Waals surface area contributed by atoms with Gasteiger partial charge in [-0.2, -0.15) is 0 Å². The molecule has 1 atom stereocenters. The molecule has 3 aromatic rings. The second-order valence-electron chi connectivity index (χ2n) is 10.6. The van der Waals surface area contributed by atoms with E-state index < -0.39 is 6.04 Å². The molecule has 3 aromatic carbocycles.